The number of aromatic nitrogens is 1. The van der Waals surface area contributed by atoms with Crippen molar-refractivity contribution in [3.63, 3.8) is 0 Å². The molecule has 1 aromatic carbocycles. The zero-order valence-electron chi connectivity index (χ0n) is 20.8. The second-order valence-electron chi connectivity index (χ2n) is 10.2. The Morgan fingerprint density at radius 2 is 1.83 bits per heavy atom. The third-order valence-electron chi connectivity index (χ3n) is 7.85. The van der Waals surface area contributed by atoms with E-state index in [-0.39, 0.29) is 21.9 Å². The predicted molar refractivity (Wildman–Crippen MR) is 139 cm³/mol. The van der Waals surface area contributed by atoms with Crippen LogP contribution < -0.4 is 10.7 Å². The van der Waals surface area contributed by atoms with Gasteiger partial charge in [-0.15, -0.1) is 6.58 Å². The summed E-state index contributed by atoms with van der Waals surface area (Å²) < 4.78 is 30.1. The van der Waals surface area contributed by atoms with Gasteiger partial charge in [0.15, 0.2) is 0 Å². The number of carbonyl (C=O) groups excluding carboxylic acids is 1. The fraction of sp³-hybridized carbons (Fsp3) is 0.556. The number of hydrogen-bond donors (Lipinski definition) is 1. The zero-order chi connectivity index (χ0) is 25.2. The molecule has 0 radical (unpaired) electrons. The molecule has 7 nitrogen and oxygen atoms in total. The summed E-state index contributed by atoms with van der Waals surface area (Å²) >= 11 is 0. The van der Waals surface area contributed by atoms with E-state index < -0.39 is 21.4 Å². The zero-order valence-corrected chi connectivity index (χ0v) is 21.6. The predicted octanol–water partition coefficient (Wildman–Crippen LogP) is 4.31. The monoisotopic (exact) mass is 499 g/mol. The average molecular weight is 500 g/mol. The van der Waals surface area contributed by atoms with Gasteiger partial charge in [0.05, 0.1) is 10.4 Å². The molecule has 2 aromatic rings. The van der Waals surface area contributed by atoms with E-state index >= 15 is 0 Å². The molecular weight excluding hydrogens is 462 g/mol. The molecule has 1 aromatic heterocycles. The molecule has 2 heterocycles. The van der Waals surface area contributed by atoms with E-state index in [1.807, 2.05) is 0 Å². The van der Waals surface area contributed by atoms with Crippen LogP contribution >= 0.6 is 0 Å². The molecule has 2 fully saturated rings. The lowest BCUT2D eigenvalue weighted by Crippen LogP contribution is -2.45. The number of allylic oxidation sites excluding steroid dienone is 1. The van der Waals surface area contributed by atoms with Crippen molar-refractivity contribution >= 4 is 26.8 Å². The first-order valence-electron chi connectivity index (χ1n) is 12.8. The lowest BCUT2D eigenvalue weighted by Gasteiger charge is -2.34. The topological polar surface area (TPSA) is 88.5 Å². The number of fused-ring (bicyclic) bond motifs is 1. The second kappa shape index (κ2) is 10.7. The Hall–Kier alpha value is -2.45. The van der Waals surface area contributed by atoms with Crippen LogP contribution in [0.5, 0.6) is 0 Å². The lowest BCUT2D eigenvalue weighted by atomic mass is 9.78. The number of benzene rings is 1. The highest BCUT2D eigenvalue weighted by atomic mass is 32.2. The SMILES string of the molecule is C=CCn1cc(C(=O)NC2CCCC(C)C2C)c(=O)c2cc(S(=O)(=O)N3CCCCCC3)ccc21. The summed E-state index contributed by atoms with van der Waals surface area (Å²) in [5, 5.41) is 3.33. The maximum Gasteiger partial charge on any atom is 0.257 e. The van der Waals surface area contributed by atoms with Crippen LogP contribution in [0.3, 0.4) is 0 Å². The van der Waals surface area contributed by atoms with Crippen molar-refractivity contribution in [3.05, 3.63) is 52.8 Å². The van der Waals surface area contributed by atoms with Gasteiger partial charge in [-0.05, 0) is 49.3 Å². The van der Waals surface area contributed by atoms with Gasteiger partial charge >= 0.3 is 0 Å². The average Bonchev–Trinajstić information content (AvgIpc) is 3.14. The first-order valence-corrected chi connectivity index (χ1v) is 14.3. The van der Waals surface area contributed by atoms with Gasteiger partial charge in [-0.3, -0.25) is 9.59 Å². The van der Waals surface area contributed by atoms with Gasteiger partial charge in [-0.25, -0.2) is 8.42 Å². The summed E-state index contributed by atoms with van der Waals surface area (Å²) in [6, 6.07) is 4.69. The smallest absolute Gasteiger partial charge is 0.257 e. The molecule has 2 aliphatic rings. The maximum atomic E-state index is 13.5. The Kier molecular flexibility index (Phi) is 7.81. The van der Waals surface area contributed by atoms with E-state index in [1.54, 1.807) is 29.0 Å². The Balaban J connectivity index is 1.75. The highest BCUT2D eigenvalue weighted by molar-refractivity contribution is 7.89. The molecule has 1 aliphatic carbocycles. The molecule has 8 heteroatoms. The first kappa shape index (κ1) is 25.6. The molecule has 0 spiro atoms. The molecule has 4 rings (SSSR count). The summed E-state index contributed by atoms with van der Waals surface area (Å²) in [6.07, 6.45) is 10.1. The van der Waals surface area contributed by atoms with Crippen LogP contribution in [0.1, 0.15) is 69.2 Å². The molecule has 190 valence electrons. The standard InChI is InChI=1S/C27H37N3O4S/c1-4-14-29-18-23(27(32)28-24-11-9-10-19(2)20(24)3)26(31)22-17-21(12-13-25(22)29)35(33,34)30-15-7-5-6-8-16-30/h4,12-13,17-20,24H,1,5-11,14-16H2,2-3H3,(H,28,32). The molecule has 1 aliphatic heterocycles. The van der Waals surface area contributed by atoms with E-state index in [9.17, 15) is 18.0 Å². The fourth-order valence-corrected chi connectivity index (χ4v) is 7.00. The van der Waals surface area contributed by atoms with Crippen LogP contribution in [0.2, 0.25) is 0 Å². The number of rotatable bonds is 6. The number of hydrogen-bond acceptors (Lipinski definition) is 4. The second-order valence-corrected chi connectivity index (χ2v) is 12.1. The van der Waals surface area contributed by atoms with Crippen molar-refractivity contribution < 1.29 is 13.2 Å². The summed E-state index contributed by atoms with van der Waals surface area (Å²) in [5.41, 5.74) is 0.178. The molecule has 1 saturated heterocycles. The number of pyridine rings is 1. The van der Waals surface area contributed by atoms with Crippen molar-refractivity contribution in [1.82, 2.24) is 14.2 Å². The Labute approximate surface area is 208 Å². The third-order valence-corrected chi connectivity index (χ3v) is 9.74. The maximum absolute atomic E-state index is 13.5. The number of amides is 1. The number of nitrogens with one attached hydrogen (secondary N) is 1. The van der Waals surface area contributed by atoms with Crippen molar-refractivity contribution in [2.24, 2.45) is 11.8 Å². The Bertz CT molecular complexity index is 1260. The summed E-state index contributed by atoms with van der Waals surface area (Å²) in [4.78, 5) is 26.9. The third kappa shape index (κ3) is 5.23. The number of carbonyl (C=O) groups is 1. The molecule has 35 heavy (non-hydrogen) atoms. The minimum absolute atomic E-state index is 0.0175. The van der Waals surface area contributed by atoms with Crippen LogP contribution in [0, 0.1) is 11.8 Å². The fourth-order valence-electron chi connectivity index (χ4n) is 5.45. The van der Waals surface area contributed by atoms with Gasteiger partial charge in [-0.2, -0.15) is 4.31 Å². The van der Waals surface area contributed by atoms with E-state index in [1.165, 1.54) is 10.4 Å². The largest absolute Gasteiger partial charge is 0.349 e. The van der Waals surface area contributed by atoms with Crippen molar-refractivity contribution in [3.8, 4) is 0 Å². The summed E-state index contributed by atoms with van der Waals surface area (Å²) in [6.45, 7) is 9.51. The van der Waals surface area contributed by atoms with Crippen molar-refractivity contribution in [1.29, 1.82) is 0 Å². The van der Waals surface area contributed by atoms with Gasteiger partial charge in [0.1, 0.15) is 5.56 Å². The van der Waals surface area contributed by atoms with Crippen LogP contribution in [-0.2, 0) is 16.6 Å². The van der Waals surface area contributed by atoms with Gasteiger partial charge in [0, 0.05) is 37.3 Å². The highest BCUT2D eigenvalue weighted by Crippen LogP contribution is 2.30. The molecule has 1 saturated carbocycles. The number of nitrogens with zero attached hydrogens (tertiary/aromatic N) is 2. The van der Waals surface area contributed by atoms with Gasteiger partial charge in [-0.1, -0.05) is 45.6 Å². The normalized spacial score (nSPS) is 24.1. The molecular formula is C27H37N3O4S. The van der Waals surface area contributed by atoms with Gasteiger partial charge in [0.25, 0.3) is 5.91 Å². The summed E-state index contributed by atoms with van der Waals surface area (Å²) in [7, 11) is -3.72. The van der Waals surface area contributed by atoms with E-state index in [4.69, 9.17) is 0 Å². The van der Waals surface area contributed by atoms with Crippen molar-refractivity contribution in [2.75, 3.05) is 13.1 Å². The molecule has 0 bridgehead atoms. The van der Waals surface area contributed by atoms with Crippen LogP contribution in [0.4, 0.5) is 0 Å². The highest BCUT2D eigenvalue weighted by Gasteiger charge is 2.30. The minimum atomic E-state index is -3.72. The van der Waals surface area contributed by atoms with Crippen molar-refractivity contribution in [2.45, 2.75) is 76.3 Å². The van der Waals surface area contributed by atoms with Crippen LogP contribution in [-0.4, -0.2) is 42.3 Å². The molecule has 3 unspecified atom stereocenters. The van der Waals surface area contributed by atoms with E-state index in [0.717, 1.165) is 44.9 Å². The molecule has 1 N–H and O–H groups in total. The number of sulfonamides is 1. The molecule has 1 amide bonds. The summed E-state index contributed by atoms with van der Waals surface area (Å²) in [5.74, 6) is 0.435. The van der Waals surface area contributed by atoms with Crippen LogP contribution in [0.25, 0.3) is 10.9 Å². The lowest BCUT2D eigenvalue weighted by molar-refractivity contribution is 0.0889. The van der Waals surface area contributed by atoms with E-state index in [2.05, 4.69) is 25.7 Å². The quantitative estimate of drug-likeness (QED) is 0.600. The van der Waals surface area contributed by atoms with Crippen LogP contribution in [0.15, 0.2) is 46.7 Å². The van der Waals surface area contributed by atoms with Gasteiger partial charge < -0.3 is 9.88 Å². The first-order chi connectivity index (χ1) is 16.7. The Morgan fingerprint density at radius 3 is 2.51 bits per heavy atom. The Morgan fingerprint density at radius 1 is 1.11 bits per heavy atom. The molecule has 3 atom stereocenters. The van der Waals surface area contributed by atoms with E-state index in [0.29, 0.717) is 37.0 Å². The van der Waals surface area contributed by atoms with Gasteiger partial charge in [0.2, 0.25) is 15.5 Å². The minimum Gasteiger partial charge on any atom is -0.349 e.